The lowest BCUT2D eigenvalue weighted by atomic mass is 9.84. The predicted octanol–water partition coefficient (Wildman–Crippen LogP) is 2.27. The van der Waals surface area contributed by atoms with Crippen molar-refractivity contribution in [3.63, 3.8) is 0 Å². The molecule has 2 unspecified atom stereocenters. The summed E-state index contributed by atoms with van der Waals surface area (Å²) in [6.07, 6.45) is 1.74. The second kappa shape index (κ2) is 7.54. The molecule has 0 radical (unpaired) electrons. The van der Waals surface area contributed by atoms with Gasteiger partial charge in [0.25, 0.3) is 0 Å². The van der Waals surface area contributed by atoms with E-state index in [4.69, 9.17) is 18.0 Å². The first-order valence-electron chi connectivity index (χ1n) is 7.91. The Morgan fingerprint density at radius 3 is 2.14 bits per heavy atom. The Bertz CT molecular complexity index is 370. The Hall–Kier alpha value is -0.680. The normalized spacial score (nSPS) is 20.1. The van der Waals surface area contributed by atoms with E-state index in [9.17, 15) is 4.79 Å². The van der Waals surface area contributed by atoms with Gasteiger partial charge in [0.2, 0.25) is 5.91 Å². The van der Waals surface area contributed by atoms with Crippen LogP contribution in [0.4, 0.5) is 0 Å². The molecule has 1 amide bonds. The third kappa shape index (κ3) is 6.30. The molecule has 2 atom stereocenters. The Morgan fingerprint density at radius 1 is 1.19 bits per heavy atom. The third-order valence-corrected chi connectivity index (χ3v) is 4.45. The number of carbonyl (C=O) groups excluding carboxylic acids is 1. The van der Waals surface area contributed by atoms with E-state index in [0.29, 0.717) is 17.3 Å². The van der Waals surface area contributed by atoms with Crippen molar-refractivity contribution in [2.24, 2.45) is 17.1 Å². The average Bonchev–Trinajstić information content (AvgIpc) is 2.35. The Labute approximate surface area is 135 Å². The molecule has 1 aliphatic rings. The number of hydrogen-bond acceptors (Lipinski definition) is 3. The topological polar surface area (TPSA) is 49.6 Å². The summed E-state index contributed by atoms with van der Waals surface area (Å²) >= 11 is 5.04. The van der Waals surface area contributed by atoms with Crippen LogP contribution in [0, 0.1) is 11.3 Å². The van der Waals surface area contributed by atoms with Gasteiger partial charge in [0, 0.05) is 32.6 Å². The average molecular weight is 314 g/mol. The molecule has 4 nitrogen and oxygen atoms in total. The zero-order valence-electron chi connectivity index (χ0n) is 14.2. The molecule has 5 heteroatoms. The number of hydrogen-bond donors (Lipinski definition) is 1. The van der Waals surface area contributed by atoms with Crippen LogP contribution in [0.15, 0.2) is 0 Å². The number of piperazine rings is 1. The molecule has 0 spiro atoms. The van der Waals surface area contributed by atoms with Crippen LogP contribution >= 0.6 is 12.2 Å². The van der Waals surface area contributed by atoms with Crippen molar-refractivity contribution < 1.29 is 4.79 Å². The first kappa shape index (κ1) is 18.4. The summed E-state index contributed by atoms with van der Waals surface area (Å²) in [5.41, 5.74) is 5.98. The lowest BCUT2D eigenvalue weighted by Gasteiger charge is -2.38. The Kier molecular flexibility index (Phi) is 6.60. The highest BCUT2D eigenvalue weighted by molar-refractivity contribution is 7.80. The summed E-state index contributed by atoms with van der Waals surface area (Å²) in [5.74, 6) is 0.723. The van der Waals surface area contributed by atoms with Crippen molar-refractivity contribution in [3.8, 4) is 0 Å². The largest absolute Gasteiger partial charge is 0.392 e. The fraction of sp³-hybridized carbons (Fsp3) is 0.875. The molecule has 0 bridgehead atoms. The molecule has 2 N–H and O–H groups in total. The maximum Gasteiger partial charge on any atom is 0.222 e. The Morgan fingerprint density at radius 2 is 1.71 bits per heavy atom. The van der Waals surface area contributed by atoms with Crippen LogP contribution in [0.5, 0.6) is 0 Å². The number of thiocarbonyl (C=S) groups is 1. The van der Waals surface area contributed by atoms with Crippen LogP contribution in [0.3, 0.4) is 0 Å². The highest BCUT2D eigenvalue weighted by Crippen LogP contribution is 2.26. The zero-order valence-corrected chi connectivity index (χ0v) is 15.0. The molecule has 1 aliphatic heterocycles. The van der Waals surface area contributed by atoms with Gasteiger partial charge in [-0.2, -0.15) is 0 Å². The lowest BCUT2D eigenvalue weighted by Crippen LogP contribution is -2.54. The summed E-state index contributed by atoms with van der Waals surface area (Å²) in [6.45, 7) is 14.2. The summed E-state index contributed by atoms with van der Waals surface area (Å²) in [7, 11) is 0. The molecule has 122 valence electrons. The highest BCUT2D eigenvalue weighted by atomic mass is 32.1. The summed E-state index contributed by atoms with van der Waals surface area (Å²) in [6, 6.07) is 0.122. The fourth-order valence-corrected chi connectivity index (χ4v) is 3.23. The van der Waals surface area contributed by atoms with Gasteiger partial charge in [-0.25, -0.2) is 0 Å². The van der Waals surface area contributed by atoms with Gasteiger partial charge in [-0.3, -0.25) is 9.69 Å². The SMILES string of the molecule is CC(CC(=O)N1CCN(C(C)C(N)=S)CC1)CC(C)(C)C. The molecule has 1 heterocycles. The minimum absolute atomic E-state index is 0.122. The number of amides is 1. The quantitative estimate of drug-likeness (QED) is 0.791. The standard InChI is InChI=1S/C16H31N3OS/c1-12(11-16(3,4)5)10-14(20)19-8-6-18(7-9-19)13(2)15(17)21/h12-13H,6-11H2,1-5H3,(H2,17,21). The molecule has 0 aromatic heterocycles. The first-order chi connectivity index (χ1) is 9.60. The maximum absolute atomic E-state index is 12.4. The second-order valence-electron chi connectivity index (χ2n) is 7.57. The van der Waals surface area contributed by atoms with Gasteiger partial charge in [-0.1, -0.05) is 39.9 Å². The van der Waals surface area contributed by atoms with Crippen molar-refractivity contribution >= 4 is 23.1 Å². The highest BCUT2D eigenvalue weighted by Gasteiger charge is 2.26. The molecular weight excluding hydrogens is 282 g/mol. The van der Waals surface area contributed by atoms with Crippen LogP contribution < -0.4 is 5.73 Å². The van der Waals surface area contributed by atoms with Gasteiger partial charge in [0.05, 0.1) is 11.0 Å². The molecule has 0 saturated carbocycles. The van der Waals surface area contributed by atoms with Crippen molar-refractivity contribution in [2.45, 2.75) is 53.5 Å². The lowest BCUT2D eigenvalue weighted by molar-refractivity contribution is -0.134. The van der Waals surface area contributed by atoms with E-state index in [1.54, 1.807) is 0 Å². The van der Waals surface area contributed by atoms with Crippen LogP contribution in [-0.2, 0) is 4.79 Å². The van der Waals surface area contributed by atoms with Crippen molar-refractivity contribution in [1.29, 1.82) is 0 Å². The molecule has 21 heavy (non-hydrogen) atoms. The smallest absolute Gasteiger partial charge is 0.222 e. The first-order valence-corrected chi connectivity index (χ1v) is 8.32. The van der Waals surface area contributed by atoms with Crippen LogP contribution in [0.2, 0.25) is 0 Å². The van der Waals surface area contributed by atoms with Crippen LogP contribution in [0.1, 0.15) is 47.5 Å². The summed E-state index contributed by atoms with van der Waals surface area (Å²) in [5, 5.41) is 0. The van der Waals surface area contributed by atoms with Crippen molar-refractivity contribution in [3.05, 3.63) is 0 Å². The summed E-state index contributed by atoms with van der Waals surface area (Å²) < 4.78 is 0. The zero-order chi connectivity index (χ0) is 16.2. The van der Waals surface area contributed by atoms with Gasteiger partial charge >= 0.3 is 0 Å². The maximum atomic E-state index is 12.4. The predicted molar refractivity (Wildman–Crippen MR) is 92.3 cm³/mol. The van der Waals surface area contributed by atoms with E-state index in [1.165, 1.54) is 0 Å². The molecule has 0 aliphatic carbocycles. The molecule has 1 saturated heterocycles. The van der Waals surface area contributed by atoms with E-state index in [-0.39, 0.29) is 17.4 Å². The van der Waals surface area contributed by atoms with Gasteiger partial charge < -0.3 is 10.6 Å². The minimum Gasteiger partial charge on any atom is -0.392 e. The molecule has 0 aromatic rings. The van der Waals surface area contributed by atoms with Crippen LogP contribution in [0.25, 0.3) is 0 Å². The number of nitrogens with zero attached hydrogens (tertiary/aromatic N) is 2. The van der Waals surface area contributed by atoms with E-state index >= 15 is 0 Å². The van der Waals surface area contributed by atoms with Gasteiger partial charge in [-0.15, -0.1) is 0 Å². The van der Waals surface area contributed by atoms with Gasteiger partial charge in [-0.05, 0) is 24.7 Å². The minimum atomic E-state index is 0.122. The molecule has 0 aromatic carbocycles. The molecular formula is C16H31N3OS. The Balaban J connectivity index is 2.40. The summed E-state index contributed by atoms with van der Waals surface area (Å²) in [4.78, 5) is 17.1. The second-order valence-corrected chi connectivity index (χ2v) is 8.04. The molecule has 1 rings (SSSR count). The monoisotopic (exact) mass is 313 g/mol. The van der Waals surface area contributed by atoms with E-state index in [2.05, 4.69) is 32.6 Å². The molecule has 1 fully saturated rings. The number of carbonyl (C=O) groups is 1. The number of rotatable bonds is 5. The third-order valence-electron chi connectivity index (χ3n) is 4.11. The van der Waals surface area contributed by atoms with E-state index in [0.717, 1.165) is 32.6 Å². The van der Waals surface area contributed by atoms with E-state index in [1.807, 2.05) is 11.8 Å². The number of nitrogens with two attached hydrogens (primary N) is 1. The van der Waals surface area contributed by atoms with Gasteiger partial charge in [0.1, 0.15) is 0 Å². The van der Waals surface area contributed by atoms with E-state index < -0.39 is 0 Å². The fourth-order valence-electron chi connectivity index (χ4n) is 3.08. The van der Waals surface area contributed by atoms with Crippen LogP contribution in [-0.4, -0.2) is 52.9 Å². The van der Waals surface area contributed by atoms with Gasteiger partial charge in [0.15, 0.2) is 0 Å². The van der Waals surface area contributed by atoms with Crippen molar-refractivity contribution in [1.82, 2.24) is 9.80 Å². The van der Waals surface area contributed by atoms with Crippen molar-refractivity contribution in [2.75, 3.05) is 26.2 Å².